The van der Waals surface area contributed by atoms with Gasteiger partial charge in [-0.25, -0.2) is 4.98 Å². The number of anilines is 2. The van der Waals surface area contributed by atoms with Crippen LogP contribution >= 0.6 is 0 Å². The molecule has 2 amide bonds. The van der Waals surface area contributed by atoms with Crippen molar-refractivity contribution in [3.8, 4) is 6.07 Å². The summed E-state index contributed by atoms with van der Waals surface area (Å²) in [7, 11) is 0. The maximum Gasteiger partial charge on any atom is 0.224 e. The van der Waals surface area contributed by atoms with Crippen molar-refractivity contribution < 1.29 is 9.59 Å². The van der Waals surface area contributed by atoms with Crippen molar-refractivity contribution in [3.05, 3.63) is 53.7 Å². The molecule has 1 fully saturated rings. The Labute approximate surface area is 177 Å². The molecule has 1 aliphatic heterocycles. The van der Waals surface area contributed by atoms with Crippen LogP contribution in [0, 0.1) is 17.2 Å². The van der Waals surface area contributed by atoms with E-state index in [0.717, 1.165) is 43.0 Å². The molecule has 0 aliphatic carbocycles. The molecule has 1 saturated heterocycles. The number of nitrogens with zero attached hydrogens (tertiary/aromatic N) is 3. The monoisotopic (exact) mass is 405 g/mol. The van der Waals surface area contributed by atoms with Gasteiger partial charge in [0, 0.05) is 37.3 Å². The van der Waals surface area contributed by atoms with Gasteiger partial charge in [0.2, 0.25) is 11.8 Å². The summed E-state index contributed by atoms with van der Waals surface area (Å²) in [6.45, 7) is 5.30. The molecule has 3 rings (SSSR count). The minimum Gasteiger partial charge on any atom is -0.357 e. The van der Waals surface area contributed by atoms with Gasteiger partial charge >= 0.3 is 0 Å². The molecule has 2 heterocycles. The molecule has 1 aromatic heterocycles. The largest absolute Gasteiger partial charge is 0.357 e. The zero-order valence-corrected chi connectivity index (χ0v) is 17.4. The molecule has 1 aromatic carbocycles. The third-order valence-corrected chi connectivity index (χ3v) is 5.44. The lowest BCUT2D eigenvalue weighted by Gasteiger charge is -2.32. The Hall–Kier alpha value is -3.40. The summed E-state index contributed by atoms with van der Waals surface area (Å²) < 4.78 is 0. The van der Waals surface area contributed by atoms with Crippen molar-refractivity contribution >= 4 is 23.3 Å². The number of nitrogens with one attached hydrogen (secondary N) is 2. The number of amides is 2. The van der Waals surface area contributed by atoms with Gasteiger partial charge in [0.05, 0.1) is 11.6 Å². The van der Waals surface area contributed by atoms with Gasteiger partial charge in [-0.1, -0.05) is 19.1 Å². The van der Waals surface area contributed by atoms with Crippen LogP contribution in [0.4, 0.5) is 11.5 Å². The van der Waals surface area contributed by atoms with Gasteiger partial charge in [0.25, 0.3) is 0 Å². The first kappa shape index (κ1) is 21.3. The Morgan fingerprint density at radius 1 is 1.20 bits per heavy atom. The Morgan fingerprint density at radius 2 is 1.90 bits per heavy atom. The molecule has 7 nitrogen and oxygen atoms in total. The summed E-state index contributed by atoms with van der Waals surface area (Å²) in [5, 5.41) is 14.8. The SMILES string of the molecule is CCC(=O)Nc1ccc(C(C)NC(=O)C2CCN(c3ccc(C#N)cn3)CC2)cc1. The molecular weight excluding hydrogens is 378 g/mol. The Morgan fingerprint density at radius 3 is 2.47 bits per heavy atom. The van der Waals surface area contributed by atoms with Crippen LogP contribution in [-0.4, -0.2) is 29.9 Å². The molecule has 2 aromatic rings. The van der Waals surface area contributed by atoms with Gasteiger partial charge in [-0.3, -0.25) is 9.59 Å². The maximum atomic E-state index is 12.7. The van der Waals surface area contributed by atoms with Gasteiger partial charge in [-0.2, -0.15) is 5.26 Å². The summed E-state index contributed by atoms with van der Waals surface area (Å²) in [5.74, 6) is 0.867. The number of carbonyl (C=O) groups excluding carboxylic acids is 2. The highest BCUT2D eigenvalue weighted by Crippen LogP contribution is 2.23. The number of piperidine rings is 1. The molecular formula is C23H27N5O2. The molecule has 1 unspecified atom stereocenters. The van der Waals surface area contributed by atoms with Gasteiger partial charge in [0.15, 0.2) is 0 Å². The van der Waals surface area contributed by atoms with E-state index in [1.54, 1.807) is 12.3 Å². The fraction of sp³-hybridized carbons (Fsp3) is 0.391. The van der Waals surface area contributed by atoms with Crippen LogP contribution in [0.3, 0.4) is 0 Å². The van der Waals surface area contributed by atoms with Crippen LogP contribution in [0.1, 0.15) is 50.3 Å². The lowest BCUT2D eigenvalue weighted by Crippen LogP contribution is -2.41. The normalized spacial score (nSPS) is 15.2. The zero-order chi connectivity index (χ0) is 21.5. The third-order valence-electron chi connectivity index (χ3n) is 5.44. The highest BCUT2D eigenvalue weighted by atomic mass is 16.2. The molecule has 156 valence electrons. The van der Waals surface area contributed by atoms with E-state index in [-0.39, 0.29) is 23.8 Å². The van der Waals surface area contributed by atoms with E-state index in [4.69, 9.17) is 5.26 Å². The molecule has 1 atom stereocenters. The summed E-state index contributed by atoms with van der Waals surface area (Å²) in [6.07, 6.45) is 3.55. The van der Waals surface area contributed by atoms with Crippen molar-refractivity contribution in [2.45, 2.75) is 39.2 Å². The molecule has 0 spiro atoms. The number of aromatic nitrogens is 1. The predicted octanol–water partition coefficient (Wildman–Crippen LogP) is 3.40. The number of rotatable bonds is 6. The maximum absolute atomic E-state index is 12.7. The fourth-order valence-corrected chi connectivity index (χ4v) is 3.53. The Bertz CT molecular complexity index is 910. The number of pyridine rings is 1. The van der Waals surface area contributed by atoms with E-state index < -0.39 is 0 Å². The number of carbonyl (C=O) groups is 2. The molecule has 7 heteroatoms. The highest BCUT2D eigenvalue weighted by molar-refractivity contribution is 5.90. The van der Waals surface area contributed by atoms with Crippen molar-refractivity contribution in [2.75, 3.05) is 23.3 Å². The lowest BCUT2D eigenvalue weighted by molar-refractivity contribution is -0.126. The third kappa shape index (κ3) is 5.35. The van der Waals surface area contributed by atoms with Crippen LogP contribution < -0.4 is 15.5 Å². The average molecular weight is 406 g/mol. The second kappa shape index (κ2) is 9.88. The molecule has 0 saturated carbocycles. The fourth-order valence-electron chi connectivity index (χ4n) is 3.53. The molecule has 30 heavy (non-hydrogen) atoms. The van der Waals surface area contributed by atoms with Crippen LogP contribution in [-0.2, 0) is 9.59 Å². The van der Waals surface area contributed by atoms with E-state index in [1.807, 2.05) is 44.2 Å². The van der Waals surface area contributed by atoms with Crippen LogP contribution in [0.2, 0.25) is 0 Å². The van der Waals surface area contributed by atoms with Crippen molar-refractivity contribution in [1.82, 2.24) is 10.3 Å². The summed E-state index contributed by atoms with van der Waals surface area (Å²) in [4.78, 5) is 30.7. The highest BCUT2D eigenvalue weighted by Gasteiger charge is 2.26. The van der Waals surface area contributed by atoms with Crippen molar-refractivity contribution in [2.24, 2.45) is 5.92 Å². The quantitative estimate of drug-likeness (QED) is 0.768. The predicted molar refractivity (Wildman–Crippen MR) is 116 cm³/mol. The summed E-state index contributed by atoms with van der Waals surface area (Å²) >= 11 is 0. The first-order valence-corrected chi connectivity index (χ1v) is 10.3. The van der Waals surface area contributed by atoms with Crippen molar-refractivity contribution in [1.29, 1.82) is 5.26 Å². The van der Waals surface area contributed by atoms with Crippen LogP contribution in [0.5, 0.6) is 0 Å². The van der Waals surface area contributed by atoms with E-state index in [1.165, 1.54) is 0 Å². The van der Waals surface area contributed by atoms with E-state index in [2.05, 4.69) is 26.6 Å². The standard InChI is InChI=1S/C23H27N5O2/c1-3-22(29)27-20-7-5-18(6-8-20)16(2)26-23(30)19-10-12-28(13-11-19)21-9-4-17(14-24)15-25-21/h4-9,15-16,19H,3,10-13H2,1-2H3,(H,26,30)(H,27,29). The molecule has 2 N–H and O–H groups in total. The summed E-state index contributed by atoms with van der Waals surface area (Å²) in [6, 6.07) is 13.2. The van der Waals surface area contributed by atoms with Gasteiger partial charge < -0.3 is 15.5 Å². The Balaban J connectivity index is 1.50. The zero-order valence-electron chi connectivity index (χ0n) is 17.4. The number of hydrogen-bond donors (Lipinski definition) is 2. The molecule has 1 aliphatic rings. The number of benzene rings is 1. The van der Waals surface area contributed by atoms with E-state index >= 15 is 0 Å². The summed E-state index contributed by atoms with van der Waals surface area (Å²) in [5.41, 5.74) is 2.30. The lowest BCUT2D eigenvalue weighted by atomic mass is 9.95. The second-order valence-corrected chi connectivity index (χ2v) is 7.53. The number of nitriles is 1. The topological polar surface area (TPSA) is 98.1 Å². The van der Waals surface area contributed by atoms with Gasteiger partial charge in [-0.15, -0.1) is 0 Å². The molecule has 0 radical (unpaired) electrons. The Kier molecular flexibility index (Phi) is 7.02. The smallest absolute Gasteiger partial charge is 0.224 e. The van der Waals surface area contributed by atoms with Crippen LogP contribution in [0.25, 0.3) is 0 Å². The molecule has 0 bridgehead atoms. The van der Waals surface area contributed by atoms with Gasteiger partial charge in [-0.05, 0) is 49.6 Å². The average Bonchev–Trinajstić information content (AvgIpc) is 2.79. The first-order chi connectivity index (χ1) is 14.5. The van der Waals surface area contributed by atoms with Crippen LogP contribution in [0.15, 0.2) is 42.6 Å². The van der Waals surface area contributed by atoms with E-state index in [9.17, 15) is 9.59 Å². The van der Waals surface area contributed by atoms with Crippen molar-refractivity contribution in [3.63, 3.8) is 0 Å². The minimum atomic E-state index is -0.105. The number of hydrogen-bond acceptors (Lipinski definition) is 5. The van der Waals surface area contributed by atoms with Gasteiger partial charge in [0.1, 0.15) is 11.9 Å². The second-order valence-electron chi connectivity index (χ2n) is 7.53. The minimum absolute atomic E-state index is 0.0216. The first-order valence-electron chi connectivity index (χ1n) is 10.3. The van der Waals surface area contributed by atoms with E-state index in [0.29, 0.717) is 12.0 Å².